The molecule has 96 valence electrons. The second-order valence-corrected chi connectivity index (χ2v) is 5.53. The molecule has 1 fully saturated rings. The summed E-state index contributed by atoms with van der Waals surface area (Å²) in [5.41, 5.74) is 5.79. The van der Waals surface area contributed by atoms with Crippen LogP contribution in [0.25, 0.3) is 0 Å². The Balaban J connectivity index is 1.93. The third kappa shape index (κ3) is 2.89. The van der Waals surface area contributed by atoms with Gasteiger partial charge in [0, 0.05) is 19.0 Å². The average molecular weight is 236 g/mol. The van der Waals surface area contributed by atoms with E-state index < -0.39 is 0 Å². The Hall–Kier alpha value is -0.830. The largest absolute Gasteiger partial charge is 0.342 e. The number of carbonyl (C=O) groups excluding carboxylic acids is 1. The van der Waals surface area contributed by atoms with Crippen molar-refractivity contribution < 1.29 is 4.79 Å². The van der Waals surface area contributed by atoms with Crippen LogP contribution >= 0.6 is 0 Å². The van der Waals surface area contributed by atoms with Gasteiger partial charge in [-0.3, -0.25) is 4.79 Å². The molecule has 3 atom stereocenters. The van der Waals surface area contributed by atoms with Gasteiger partial charge in [-0.1, -0.05) is 19.1 Å². The molecule has 0 saturated carbocycles. The van der Waals surface area contributed by atoms with Crippen molar-refractivity contribution in [1.82, 2.24) is 4.90 Å². The molecule has 3 nitrogen and oxygen atoms in total. The second kappa shape index (κ2) is 5.67. The molecule has 0 aromatic heterocycles. The average Bonchev–Trinajstić information content (AvgIpc) is 2.39. The second-order valence-electron chi connectivity index (χ2n) is 5.53. The van der Waals surface area contributed by atoms with Crippen LogP contribution in [0.15, 0.2) is 12.2 Å². The molecule has 1 heterocycles. The summed E-state index contributed by atoms with van der Waals surface area (Å²) in [6.45, 7) is 4.76. The molecule has 0 bridgehead atoms. The fraction of sp³-hybridized carbons (Fsp3) is 0.786. The van der Waals surface area contributed by atoms with Crippen molar-refractivity contribution in [2.75, 3.05) is 19.6 Å². The van der Waals surface area contributed by atoms with Crippen LogP contribution in [-0.2, 0) is 4.79 Å². The molecule has 0 radical (unpaired) electrons. The first kappa shape index (κ1) is 12.6. The maximum absolute atomic E-state index is 12.4. The molecular weight excluding hydrogens is 212 g/mol. The zero-order valence-electron chi connectivity index (χ0n) is 10.8. The van der Waals surface area contributed by atoms with Crippen molar-refractivity contribution in [3.05, 3.63) is 12.2 Å². The van der Waals surface area contributed by atoms with E-state index in [9.17, 15) is 4.79 Å². The van der Waals surface area contributed by atoms with Gasteiger partial charge >= 0.3 is 0 Å². The van der Waals surface area contributed by atoms with Gasteiger partial charge in [0.15, 0.2) is 0 Å². The van der Waals surface area contributed by atoms with Crippen LogP contribution in [0.1, 0.15) is 32.6 Å². The van der Waals surface area contributed by atoms with Gasteiger partial charge in [-0.25, -0.2) is 0 Å². The van der Waals surface area contributed by atoms with E-state index in [2.05, 4.69) is 24.0 Å². The highest BCUT2D eigenvalue weighted by atomic mass is 16.2. The van der Waals surface area contributed by atoms with E-state index in [1.807, 2.05) is 0 Å². The van der Waals surface area contributed by atoms with Crippen molar-refractivity contribution in [3.63, 3.8) is 0 Å². The van der Waals surface area contributed by atoms with Gasteiger partial charge in [0.25, 0.3) is 0 Å². The lowest BCUT2D eigenvalue weighted by atomic mass is 9.85. The molecular formula is C14H24N2O. The van der Waals surface area contributed by atoms with Crippen LogP contribution in [0.3, 0.4) is 0 Å². The number of nitrogens with zero attached hydrogens (tertiary/aromatic N) is 1. The molecule has 2 rings (SSSR count). The molecule has 2 aliphatic rings. The zero-order chi connectivity index (χ0) is 12.3. The van der Waals surface area contributed by atoms with E-state index in [-0.39, 0.29) is 5.92 Å². The summed E-state index contributed by atoms with van der Waals surface area (Å²) in [5.74, 6) is 1.74. The molecule has 1 saturated heterocycles. The molecule has 0 aromatic rings. The topological polar surface area (TPSA) is 46.3 Å². The number of carbonyl (C=O) groups is 1. The Morgan fingerprint density at radius 1 is 1.41 bits per heavy atom. The first-order valence-electron chi connectivity index (χ1n) is 6.86. The van der Waals surface area contributed by atoms with Crippen molar-refractivity contribution in [2.24, 2.45) is 23.5 Å². The quantitative estimate of drug-likeness (QED) is 0.743. The normalized spacial score (nSPS) is 33.8. The van der Waals surface area contributed by atoms with Crippen molar-refractivity contribution >= 4 is 5.91 Å². The monoisotopic (exact) mass is 236 g/mol. The van der Waals surface area contributed by atoms with Crippen LogP contribution in [-0.4, -0.2) is 30.4 Å². The lowest BCUT2D eigenvalue weighted by Crippen LogP contribution is -2.47. The van der Waals surface area contributed by atoms with Crippen LogP contribution in [0, 0.1) is 17.8 Å². The van der Waals surface area contributed by atoms with Gasteiger partial charge in [0.2, 0.25) is 5.91 Å². The van der Waals surface area contributed by atoms with Crippen molar-refractivity contribution in [2.45, 2.75) is 32.6 Å². The maximum atomic E-state index is 12.4. The van der Waals surface area contributed by atoms with Gasteiger partial charge in [0.1, 0.15) is 0 Å². The van der Waals surface area contributed by atoms with E-state index in [0.717, 1.165) is 38.8 Å². The first-order chi connectivity index (χ1) is 8.22. The van der Waals surface area contributed by atoms with E-state index in [0.29, 0.717) is 24.3 Å². The van der Waals surface area contributed by atoms with Gasteiger partial charge in [-0.15, -0.1) is 0 Å². The van der Waals surface area contributed by atoms with E-state index in [1.165, 1.54) is 0 Å². The molecule has 3 unspecified atom stereocenters. The lowest BCUT2D eigenvalue weighted by Gasteiger charge is -2.38. The number of rotatable bonds is 2. The summed E-state index contributed by atoms with van der Waals surface area (Å²) in [7, 11) is 0. The Kier molecular flexibility index (Phi) is 4.21. The predicted molar refractivity (Wildman–Crippen MR) is 69.4 cm³/mol. The minimum atomic E-state index is 0.229. The SMILES string of the molecule is CC1CCN(C(=O)C2CC=CCC2)CC1CN. The Morgan fingerprint density at radius 2 is 2.24 bits per heavy atom. The van der Waals surface area contributed by atoms with Crippen LogP contribution < -0.4 is 5.73 Å². The minimum absolute atomic E-state index is 0.229. The van der Waals surface area contributed by atoms with E-state index in [4.69, 9.17) is 5.73 Å². The fourth-order valence-corrected chi connectivity index (χ4v) is 2.93. The Bertz CT molecular complexity index is 301. The molecule has 0 aromatic carbocycles. The highest BCUT2D eigenvalue weighted by molar-refractivity contribution is 5.79. The van der Waals surface area contributed by atoms with Crippen molar-refractivity contribution in [1.29, 1.82) is 0 Å². The lowest BCUT2D eigenvalue weighted by molar-refractivity contribution is -0.138. The number of amides is 1. The summed E-state index contributed by atoms with van der Waals surface area (Å²) in [6.07, 6.45) is 8.45. The molecule has 3 heteroatoms. The number of nitrogens with two attached hydrogens (primary N) is 1. The van der Waals surface area contributed by atoms with E-state index >= 15 is 0 Å². The summed E-state index contributed by atoms with van der Waals surface area (Å²) < 4.78 is 0. The van der Waals surface area contributed by atoms with Crippen LogP contribution in [0.2, 0.25) is 0 Å². The summed E-state index contributed by atoms with van der Waals surface area (Å²) in [4.78, 5) is 14.4. The highest BCUT2D eigenvalue weighted by Gasteiger charge is 2.31. The highest BCUT2D eigenvalue weighted by Crippen LogP contribution is 2.26. The molecule has 17 heavy (non-hydrogen) atoms. The first-order valence-corrected chi connectivity index (χ1v) is 6.86. The Labute approximate surface area is 104 Å². The van der Waals surface area contributed by atoms with Gasteiger partial charge < -0.3 is 10.6 Å². The molecule has 0 spiro atoms. The number of hydrogen-bond acceptors (Lipinski definition) is 2. The standard InChI is InChI=1S/C14H24N2O/c1-11-7-8-16(10-13(11)9-15)14(17)12-5-3-2-4-6-12/h2-3,11-13H,4-10,15H2,1H3. The third-order valence-corrected chi connectivity index (χ3v) is 4.35. The number of allylic oxidation sites excluding steroid dienone is 2. The third-order valence-electron chi connectivity index (χ3n) is 4.35. The van der Waals surface area contributed by atoms with Gasteiger partial charge in [-0.2, -0.15) is 0 Å². The fourth-order valence-electron chi connectivity index (χ4n) is 2.93. The van der Waals surface area contributed by atoms with Crippen molar-refractivity contribution in [3.8, 4) is 0 Å². The molecule has 1 aliphatic heterocycles. The summed E-state index contributed by atoms with van der Waals surface area (Å²) in [5, 5.41) is 0. The van der Waals surface area contributed by atoms with E-state index in [1.54, 1.807) is 0 Å². The molecule has 1 aliphatic carbocycles. The van der Waals surface area contributed by atoms with Crippen LogP contribution in [0.4, 0.5) is 0 Å². The van der Waals surface area contributed by atoms with Crippen LogP contribution in [0.5, 0.6) is 0 Å². The smallest absolute Gasteiger partial charge is 0.226 e. The van der Waals surface area contributed by atoms with Gasteiger partial charge in [0.05, 0.1) is 0 Å². The molecule has 2 N–H and O–H groups in total. The number of piperidine rings is 1. The minimum Gasteiger partial charge on any atom is -0.342 e. The summed E-state index contributed by atoms with van der Waals surface area (Å²) >= 11 is 0. The summed E-state index contributed by atoms with van der Waals surface area (Å²) in [6, 6.07) is 0. The predicted octanol–water partition coefficient (Wildman–Crippen LogP) is 1.79. The molecule has 1 amide bonds. The Morgan fingerprint density at radius 3 is 2.88 bits per heavy atom. The van der Waals surface area contributed by atoms with Gasteiger partial charge in [-0.05, 0) is 44.1 Å². The zero-order valence-corrected chi connectivity index (χ0v) is 10.8. The number of hydrogen-bond donors (Lipinski definition) is 1. The number of likely N-dealkylation sites (tertiary alicyclic amines) is 1. The maximum Gasteiger partial charge on any atom is 0.226 e.